The van der Waals surface area contributed by atoms with E-state index in [0.717, 1.165) is 34.1 Å². The molecular weight excluding hydrogens is 238 g/mol. The highest BCUT2D eigenvalue weighted by atomic mass is 79.9. The summed E-state index contributed by atoms with van der Waals surface area (Å²) in [6, 6.07) is 4.03. The van der Waals surface area contributed by atoms with Crippen LogP contribution in [0.15, 0.2) is 12.1 Å². The Kier molecular flexibility index (Phi) is 4.03. The van der Waals surface area contributed by atoms with E-state index in [4.69, 9.17) is 5.73 Å². The Bertz CT molecular complexity index is 385. The Morgan fingerprint density at radius 1 is 1.29 bits per heavy atom. The number of rotatable bonds is 1. The predicted octanol–water partition coefficient (Wildman–Crippen LogP) is 3.02. The number of alkyl halides is 1. The van der Waals surface area contributed by atoms with E-state index in [0.29, 0.717) is 0 Å². The minimum absolute atomic E-state index is 0.841. The Balaban J connectivity index is 3.00. The van der Waals surface area contributed by atoms with E-state index in [1.165, 1.54) is 0 Å². The number of aryl methyl sites for hydroxylation is 2. The number of hydrogen-bond acceptors (Lipinski definition) is 1. The summed E-state index contributed by atoms with van der Waals surface area (Å²) in [5.41, 5.74) is 9.96. The van der Waals surface area contributed by atoms with E-state index in [-0.39, 0.29) is 0 Å². The molecule has 0 bridgehead atoms. The van der Waals surface area contributed by atoms with Crippen LogP contribution in [0.25, 0.3) is 0 Å². The molecule has 0 atom stereocenters. The fraction of sp³-hybridized carbons (Fsp3) is 0.333. The first kappa shape index (κ1) is 11.1. The van der Waals surface area contributed by atoms with Gasteiger partial charge in [0.15, 0.2) is 0 Å². The number of hydrogen-bond donors (Lipinski definition) is 1. The molecule has 14 heavy (non-hydrogen) atoms. The van der Waals surface area contributed by atoms with E-state index >= 15 is 0 Å². The van der Waals surface area contributed by atoms with Gasteiger partial charge in [-0.25, -0.2) is 0 Å². The minimum atomic E-state index is 0.841. The van der Waals surface area contributed by atoms with Gasteiger partial charge in [0.1, 0.15) is 0 Å². The van der Waals surface area contributed by atoms with Crippen LogP contribution >= 0.6 is 15.9 Å². The molecule has 0 fully saturated rings. The molecule has 0 saturated carbocycles. The van der Waals surface area contributed by atoms with Gasteiger partial charge in [0.2, 0.25) is 0 Å². The van der Waals surface area contributed by atoms with Crippen molar-refractivity contribution in [3.8, 4) is 11.8 Å². The van der Waals surface area contributed by atoms with E-state index in [1.807, 2.05) is 26.0 Å². The average Bonchev–Trinajstić information content (AvgIpc) is 2.14. The molecule has 0 saturated heterocycles. The van der Waals surface area contributed by atoms with Crippen LogP contribution in [-0.4, -0.2) is 5.33 Å². The predicted molar refractivity (Wildman–Crippen MR) is 65.6 cm³/mol. The third-order valence-electron chi connectivity index (χ3n) is 2.06. The lowest BCUT2D eigenvalue weighted by Crippen LogP contribution is -1.93. The number of benzene rings is 1. The van der Waals surface area contributed by atoms with Crippen LogP contribution in [-0.2, 0) is 0 Å². The average molecular weight is 252 g/mol. The molecule has 74 valence electrons. The number of nitrogen functional groups attached to an aromatic ring is 1. The molecular formula is C12H14BrN. The van der Waals surface area contributed by atoms with Crippen LogP contribution in [0, 0.1) is 25.7 Å². The van der Waals surface area contributed by atoms with Crippen molar-refractivity contribution in [1.82, 2.24) is 0 Å². The minimum Gasteiger partial charge on any atom is -0.399 e. The summed E-state index contributed by atoms with van der Waals surface area (Å²) in [5, 5.41) is 0.924. The summed E-state index contributed by atoms with van der Waals surface area (Å²) in [4.78, 5) is 0. The van der Waals surface area contributed by atoms with Crippen LogP contribution in [0.3, 0.4) is 0 Å². The first-order valence-corrected chi connectivity index (χ1v) is 5.69. The first-order valence-electron chi connectivity index (χ1n) is 4.56. The monoisotopic (exact) mass is 251 g/mol. The van der Waals surface area contributed by atoms with Crippen LogP contribution in [0.4, 0.5) is 5.69 Å². The molecule has 1 nitrogen and oxygen atoms in total. The number of halogens is 1. The number of nitrogens with two attached hydrogens (primary N) is 1. The summed E-state index contributed by atoms with van der Waals surface area (Å²) < 4.78 is 0. The van der Waals surface area contributed by atoms with Gasteiger partial charge < -0.3 is 5.73 Å². The molecule has 1 rings (SSSR count). The lowest BCUT2D eigenvalue weighted by molar-refractivity contribution is 1.31. The van der Waals surface area contributed by atoms with Gasteiger partial charge in [-0.15, -0.1) is 0 Å². The second kappa shape index (κ2) is 5.07. The molecule has 2 heteroatoms. The lowest BCUT2D eigenvalue weighted by Gasteiger charge is -2.03. The SMILES string of the molecule is Cc1cc(C#CCCBr)c(C)cc1N. The fourth-order valence-corrected chi connectivity index (χ4v) is 1.38. The first-order chi connectivity index (χ1) is 6.65. The summed E-state index contributed by atoms with van der Waals surface area (Å²) in [6.45, 7) is 4.04. The smallest absolute Gasteiger partial charge is 0.0347 e. The Morgan fingerprint density at radius 3 is 2.64 bits per heavy atom. The van der Waals surface area contributed by atoms with E-state index in [2.05, 4.69) is 27.8 Å². The Labute approximate surface area is 93.8 Å². The lowest BCUT2D eigenvalue weighted by atomic mass is 10.0. The molecule has 0 heterocycles. The summed E-state index contributed by atoms with van der Waals surface area (Å²) in [5.74, 6) is 6.25. The highest BCUT2D eigenvalue weighted by Gasteiger charge is 1.98. The molecule has 0 unspecified atom stereocenters. The van der Waals surface area contributed by atoms with Crippen LogP contribution in [0.2, 0.25) is 0 Å². The quantitative estimate of drug-likeness (QED) is 0.464. The fourth-order valence-electron chi connectivity index (χ4n) is 1.18. The van der Waals surface area contributed by atoms with Gasteiger partial charge in [0.05, 0.1) is 0 Å². The maximum Gasteiger partial charge on any atom is 0.0347 e. The van der Waals surface area contributed by atoms with Gasteiger partial charge in [-0.3, -0.25) is 0 Å². The van der Waals surface area contributed by atoms with Crippen molar-refractivity contribution in [2.75, 3.05) is 11.1 Å². The Hall–Kier alpha value is -0.940. The van der Waals surface area contributed by atoms with E-state index < -0.39 is 0 Å². The molecule has 0 aliphatic rings. The van der Waals surface area contributed by atoms with Crippen molar-refractivity contribution in [3.05, 3.63) is 28.8 Å². The van der Waals surface area contributed by atoms with Crippen LogP contribution in [0.1, 0.15) is 23.1 Å². The maximum absolute atomic E-state index is 5.79. The van der Waals surface area contributed by atoms with Gasteiger partial charge in [0, 0.05) is 23.0 Å². The van der Waals surface area contributed by atoms with Crippen molar-refractivity contribution >= 4 is 21.6 Å². The third-order valence-corrected chi connectivity index (χ3v) is 2.45. The largest absolute Gasteiger partial charge is 0.399 e. The molecule has 0 spiro atoms. The van der Waals surface area contributed by atoms with E-state index in [1.54, 1.807) is 0 Å². The van der Waals surface area contributed by atoms with Crippen molar-refractivity contribution in [2.24, 2.45) is 0 Å². The second-order valence-electron chi connectivity index (χ2n) is 3.26. The van der Waals surface area contributed by atoms with Crippen molar-refractivity contribution in [1.29, 1.82) is 0 Å². The molecule has 1 aromatic carbocycles. The van der Waals surface area contributed by atoms with Gasteiger partial charge in [-0.2, -0.15) is 0 Å². The van der Waals surface area contributed by atoms with Crippen molar-refractivity contribution in [3.63, 3.8) is 0 Å². The van der Waals surface area contributed by atoms with Crippen LogP contribution < -0.4 is 5.73 Å². The molecule has 0 aliphatic carbocycles. The van der Waals surface area contributed by atoms with Gasteiger partial charge in [0.25, 0.3) is 0 Å². The van der Waals surface area contributed by atoms with Gasteiger partial charge in [-0.1, -0.05) is 27.8 Å². The summed E-state index contributed by atoms with van der Waals surface area (Å²) in [7, 11) is 0. The zero-order chi connectivity index (χ0) is 10.6. The zero-order valence-corrected chi connectivity index (χ0v) is 10.1. The maximum atomic E-state index is 5.79. The highest BCUT2D eigenvalue weighted by Crippen LogP contribution is 2.16. The molecule has 1 aromatic rings. The Morgan fingerprint density at radius 2 is 2.00 bits per heavy atom. The normalized spacial score (nSPS) is 9.36. The van der Waals surface area contributed by atoms with Gasteiger partial charge in [-0.05, 0) is 37.1 Å². The summed E-state index contributed by atoms with van der Waals surface area (Å²) in [6.07, 6.45) is 0.878. The molecule has 2 N–H and O–H groups in total. The molecule has 0 radical (unpaired) electrons. The molecule has 0 amide bonds. The van der Waals surface area contributed by atoms with Crippen molar-refractivity contribution < 1.29 is 0 Å². The topological polar surface area (TPSA) is 26.0 Å². The van der Waals surface area contributed by atoms with Gasteiger partial charge >= 0.3 is 0 Å². The molecule has 0 aromatic heterocycles. The van der Waals surface area contributed by atoms with Crippen LogP contribution in [0.5, 0.6) is 0 Å². The van der Waals surface area contributed by atoms with Crippen molar-refractivity contribution in [2.45, 2.75) is 20.3 Å². The second-order valence-corrected chi connectivity index (χ2v) is 4.06. The standard InChI is InChI=1S/C12H14BrN/c1-9-8-12(14)10(2)7-11(9)5-3-4-6-13/h7-8H,4,6,14H2,1-2H3. The highest BCUT2D eigenvalue weighted by molar-refractivity contribution is 9.09. The summed E-state index contributed by atoms with van der Waals surface area (Å²) >= 11 is 3.35. The number of anilines is 1. The van der Waals surface area contributed by atoms with E-state index in [9.17, 15) is 0 Å². The zero-order valence-electron chi connectivity index (χ0n) is 8.52. The molecule has 0 aliphatic heterocycles. The third kappa shape index (κ3) is 2.78.